The van der Waals surface area contributed by atoms with E-state index in [0.717, 1.165) is 41.1 Å². The summed E-state index contributed by atoms with van der Waals surface area (Å²) in [4.78, 5) is 14.3. The highest BCUT2D eigenvalue weighted by atomic mass is 15.5. The van der Waals surface area contributed by atoms with Crippen molar-refractivity contribution in [2.45, 2.75) is 44.4 Å². The van der Waals surface area contributed by atoms with Crippen LogP contribution in [0.1, 0.15) is 30.4 Å². The first-order chi connectivity index (χ1) is 17.7. The average molecular weight is 476 g/mol. The molecule has 0 spiro atoms. The summed E-state index contributed by atoms with van der Waals surface area (Å²) in [6, 6.07) is 25.9. The van der Waals surface area contributed by atoms with Gasteiger partial charge in [-0.25, -0.2) is 9.67 Å². The lowest BCUT2D eigenvalue weighted by Crippen LogP contribution is -2.48. The van der Waals surface area contributed by atoms with Crippen molar-refractivity contribution in [2.24, 2.45) is 4.99 Å². The molecule has 0 unspecified atom stereocenters. The maximum Gasteiger partial charge on any atom is 0.203 e. The van der Waals surface area contributed by atoms with E-state index >= 15 is 0 Å². The number of hydrogen-bond acceptors (Lipinski definition) is 6. The normalized spacial score (nSPS) is 20.1. The van der Waals surface area contributed by atoms with Crippen molar-refractivity contribution in [2.75, 3.05) is 17.3 Å². The molecule has 180 valence electrons. The molecule has 1 N–H and O–H groups in total. The molecule has 1 fully saturated rings. The zero-order chi connectivity index (χ0) is 24.1. The van der Waals surface area contributed by atoms with Crippen LogP contribution in [0.2, 0.25) is 0 Å². The van der Waals surface area contributed by atoms with E-state index in [4.69, 9.17) is 10.1 Å². The van der Waals surface area contributed by atoms with Gasteiger partial charge in [-0.05, 0) is 49.1 Å². The molecule has 1 saturated carbocycles. The second-order valence-electron chi connectivity index (χ2n) is 9.93. The highest BCUT2D eigenvalue weighted by Crippen LogP contribution is 2.43. The number of anilines is 3. The van der Waals surface area contributed by atoms with Crippen LogP contribution in [0.25, 0.3) is 11.3 Å². The first-order valence-electron chi connectivity index (χ1n) is 12.7. The Morgan fingerprint density at radius 3 is 2.58 bits per heavy atom. The van der Waals surface area contributed by atoms with Gasteiger partial charge in [0.25, 0.3) is 0 Å². The van der Waals surface area contributed by atoms with Gasteiger partial charge in [-0.1, -0.05) is 48.5 Å². The van der Waals surface area contributed by atoms with Gasteiger partial charge < -0.3 is 10.2 Å². The fraction of sp³-hybridized carbons (Fsp3) is 0.276. The summed E-state index contributed by atoms with van der Waals surface area (Å²) < 4.78 is 2.13. The van der Waals surface area contributed by atoms with Crippen molar-refractivity contribution in [3.8, 4) is 11.3 Å². The minimum Gasteiger partial charge on any atom is -0.341 e. The van der Waals surface area contributed by atoms with Crippen LogP contribution in [-0.2, 0) is 13.1 Å². The molecule has 7 nitrogen and oxygen atoms in total. The number of aromatic nitrogens is 3. The Morgan fingerprint density at radius 2 is 1.78 bits per heavy atom. The van der Waals surface area contributed by atoms with Gasteiger partial charge in [-0.15, -0.1) is 0 Å². The largest absolute Gasteiger partial charge is 0.341 e. The van der Waals surface area contributed by atoms with Crippen LogP contribution in [0.5, 0.6) is 0 Å². The Labute approximate surface area is 211 Å². The third-order valence-electron chi connectivity index (χ3n) is 7.55. The number of nitrogens with one attached hydrogen (secondary N) is 1. The molecule has 1 aliphatic carbocycles. The van der Waals surface area contributed by atoms with Gasteiger partial charge in [-0.3, -0.25) is 9.88 Å². The van der Waals surface area contributed by atoms with Crippen molar-refractivity contribution in [3.63, 3.8) is 0 Å². The van der Waals surface area contributed by atoms with Gasteiger partial charge in [0.1, 0.15) is 5.82 Å². The van der Waals surface area contributed by atoms with Crippen molar-refractivity contribution in [1.29, 1.82) is 0 Å². The van der Waals surface area contributed by atoms with Gasteiger partial charge in [0.2, 0.25) is 5.96 Å². The summed E-state index contributed by atoms with van der Waals surface area (Å²) in [5.41, 5.74) is 5.61. The second-order valence-corrected chi connectivity index (χ2v) is 9.93. The van der Waals surface area contributed by atoms with Gasteiger partial charge in [-0.2, -0.15) is 5.10 Å². The zero-order valence-corrected chi connectivity index (χ0v) is 20.4. The molecule has 36 heavy (non-hydrogen) atoms. The number of para-hydroxylation sites is 1. The quantitative estimate of drug-likeness (QED) is 0.426. The minimum absolute atomic E-state index is 0.392. The van der Waals surface area contributed by atoms with Crippen LogP contribution < -0.4 is 10.2 Å². The lowest BCUT2D eigenvalue weighted by Gasteiger charge is -2.35. The molecule has 2 aromatic heterocycles. The van der Waals surface area contributed by atoms with E-state index in [-0.39, 0.29) is 0 Å². The first-order valence-corrected chi connectivity index (χ1v) is 12.7. The number of benzene rings is 2. The number of fused-ring (bicyclic) bond motifs is 5. The number of rotatable bonds is 5. The molecule has 0 bridgehead atoms. The Balaban J connectivity index is 1.27. The van der Waals surface area contributed by atoms with Crippen LogP contribution in [0.3, 0.4) is 0 Å². The highest BCUT2D eigenvalue weighted by Gasteiger charge is 2.46. The summed E-state index contributed by atoms with van der Waals surface area (Å²) in [5.74, 6) is 3.19. The standard InChI is InChI=1S/C29H29N7/c1-34-19-23-27(31-22-8-3-2-4-9-22)35(33-28(23)36-26-12-7-11-25(26)32-29(34)36)18-20-13-15-21(16-14-20)24-10-5-6-17-30-24/h2-6,8-10,13-17,25-26,31H,7,11-12,18-19H2,1H3/t25-,26+/m1/s1. The smallest absolute Gasteiger partial charge is 0.203 e. The monoisotopic (exact) mass is 475 g/mol. The fourth-order valence-corrected chi connectivity index (χ4v) is 5.80. The number of guanidine groups is 1. The fourth-order valence-electron chi connectivity index (χ4n) is 5.80. The van der Waals surface area contributed by atoms with E-state index in [2.05, 4.69) is 80.4 Å². The molecule has 2 atom stereocenters. The third kappa shape index (κ3) is 3.54. The predicted octanol–water partition coefficient (Wildman–Crippen LogP) is 5.28. The molecule has 4 heterocycles. The zero-order valence-electron chi connectivity index (χ0n) is 20.4. The Bertz CT molecular complexity index is 1410. The van der Waals surface area contributed by atoms with E-state index in [1.165, 1.54) is 30.4 Å². The summed E-state index contributed by atoms with van der Waals surface area (Å²) in [7, 11) is 2.15. The molecule has 0 saturated heterocycles. The number of hydrogen-bond donors (Lipinski definition) is 1. The molecule has 7 rings (SSSR count). The van der Waals surface area contributed by atoms with Crippen LogP contribution in [0.4, 0.5) is 17.3 Å². The van der Waals surface area contributed by atoms with E-state index in [1.54, 1.807) is 0 Å². The van der Waals surface area contributed by atoms with E-state index in [9.17, 15) is 0 Å². The topological polar surface area (TPSA) is 61.6 Å². The summed E-state index contributed by atoms with van der Waals surface area (Å²) in [5, 5.41) is 8.92. The van der Waals surface area contributed by atoms with Gasteiger partial charge in [0.15, 0.2) is 5.82 Å². The van der Waals surface area contributed by atoms with Gasteiger partial charge in [0, 0.05) is 24.5 Å². The number of nitrogens with zero attached hydrogens (tertiary/aromatic N) is 6. The van der Waals surface area contributed by atoms with E-state index < -0.39 is 0 Å². The van der Waals surface area contributed by atoms with E-state index in [1.807, 2.05) is 30.5 Å². The maximum absolute atomic E-state index is 5.22. The van der Waals surface area contributed by atoms with Crippen molar-refractivity contribution < 1.29 is 0 Å². The minimum atomic E-state index is 0.392. The molecule has 7 heteroatoms. The molecule has 0 amide bonds. The van der Waals surface area contributed by atoms with Crippen molar-refractivity contribution in [3.05, 3.63) is 90.1 Å². The second kappa shape index (κ2) is 8.52. The molecule has 3 aliphatic rings. The van der Waals surface area contributed by atoms with Crippen LogP contribution >= 0.6 is 0 Å². The Morgan fingerprint density at radius 1 is 0.944 bits per heavy atom. The lowest BCUT2D eigenvalue weighted by atomic mass is 10.1. The lowest BCUT2D eigenvalue weighted by molar-refractivity contribution is 0.475. The summed E-state index contributed by atoms with van der Waals surface area (Å²) in [6.45, 7) is 1.47. The molecular weight excluding hydrogens is 446 g/mol. The first kappa shape index (κ1) is 21.2. The third-order valence-corrected chi connectivity index (χ3v) is 7.55. The Hall–Kier alpha value is -4.13. The molecule has 0 radical (unpaired) electrons. The average Bonchev–Trinajstić information content (AvgIpc) is 3.60. The van der Waals surface area contributed by atoms with Crippen LogP contribution in [0, 0.1) is 0 Å². The van der Waals surface area contributed by atoms with Crippen molar-refractivity contribution >= 4 is 23.3 Å². The number of pyridine rings is 1. The van der Waals surface area contributed by atoms with Crippen molar-refractivity contribution in [1.82, 2.24) is 19.7 Å². The molecule has 2 aliphatic heterocycles. The van der Waals surface area contributed by atoms with E-state index in [0.29, 0.717) is 18.6 Å². The molecule has 2 aromatic carbocycles. The summed E-state index contributed by atoms with van der Waals surface area (Å²) >= 11 is 0. The SMILES string of the molecule is CN1Cc2c(nn(Cc3ccc(-c4ccccn4)cc3)c2Nc2ccccc2)N2C1=N[C@@H]1CCC[C@@H]12. The van der Waals surface area contributed by atoms with Gasteiger partial charge in [0.05, 0.1) is 36.4 Å². The molecule has 4 aromatic rings. The predicted molar refractivity (Wildman–Crippen MR) is 144 cm³/mol. The molecular formula is C29H29N7. The van der Waals surface area contributed by atoms with Crippen LogP contribution in [-0.4, -0.2) is 44.8 Å². The number of aliphatic imine (C=N–C) groups is 1. The summed E-state index contributed by atoms with van der Waals surface area (Å²) in [6.07, 6.45) is 5.42. The highest BCUT2D eigenvalue weighted by molar-refractivity contribution is 6.01. The Kier molecular flexibility index (Phi) is 5.01. The van der Waals surface area contributed by atoms with Crippen LogP contribution in [0.15, 0.2) is 84.0 Å². The van der Waals surface area contributed by atoms with Gasteiger partial charge >= 0.3 is 0 Å². The maximum atomic E-state index is 5.22.